The molecule has 5 heteroatoms. The molecule has 0 aliphatic carbocycles. The van der Waals surface area contributed by atoms with Gasteiger partial charge in [-0.15, -0.1) is 0 Å². The molecule has 172 valence electrons. The first-order chi connectivity index (χ1) is 15.8. The molecule has 3 aromatic carbocycles. The number of hydrogen-bond donors (Lipinski definition) is 0. The van der Waals surface area contributed by atoms with Gasteiger partial charge in [-0.25, -0.2) is 13.0 Å². The summed E-state index contributed by atoms with van der Waals surface area (Å²) in [4.78, 5) is 0. The van der Waals surface area contributed by atoms with E-state index in [1.165, 1.54) is 27.8 Å². The van der Waals surface area contributed by atoms with Crippen molar-refractivity contribution in [1.82, 2.24) is 0 Å². The number of rotatable bonds is 8. The molecule has 0 radical (unpaired) electrons. The molecule has 0 bridgehead atoms. The van der Waals surface area contributed by atoms with E-state index in [-0.39, 0.29) is 11.2 Å². The van der Waals surface area contributed by atoms with Crippen LogP contribution >= 0.6 is 0 Å². The fourth-order valence-electron chi connectivity index (χ4n) is 5.11. The van der Waals surface area contributed by atoms with Crippen LogP contribution in [0.1, 0.15) is 39.8 Å². The summed E-state index contributed by atoms with van der Waals surface area (Å²) in [5, 5.41) is 0. The van der Waals surface area contributed by atoms with E-state index in [4.69, 9.17) is 0 Å². The Balaban J connectivity index is 1.79. The van der Waals surface area contributed by atoms with Crippen molar-refractivity contribution in [3.05, 3.63) is 106 Å². The molecule has 1 aliphatic heterocycles. The van der Waals surface area contributed by atoms with Gasteiger partial charge in [0.05, 0.1) is 15.5 Å². The van der Waals surface area contributed by atoms with E-state index in [0.717, 1.165) is 24.9 Å². The van der Waals surface area contributed by atoms with Crippen LogP contribution in [0.25, 0.3) is 0 Å². The number of fused-ring (bicyclic) bond motifs is 1. The molecule has 1 aliphatic rings. The number of benzene rings is 3. The highest BCUT2D eigenvalue weighted by Crippen LogP contribution is 2.38. The topological polar surface area (TPSA) is 60.2 Å². The van der Waals surface area contributed by atoms with Crippen molar-refractivity contribution < 1.29 is 17.5 Å². The van der Waals surface area contributed by atoms with E-state index in [2.05, 4.69) is 91.4 Å². The van der Waals surface area contributed by atoms with E-state index in [1.807, 2.05) is 6.07 Å². The predicted octanol–water partition coefficient (Wildman–Crippen LogP) is 4.41. The van der Waals surface area contributed by atoms with Gasteiger partial charge in [-0.3, -0.25) is 0 Å². The van der Waals surface area contributed by atoms with E-state index in [9.17, 15) is 13.0 Å². The van der Waals surface area contributed by atoms with Gasteiger partial charge in [-0.2, -0.15) is 0 Å². The highest BCUT2D eigenvalue weighted by Gasteiger charge is 2.42. The Morgan fingerprint density at radius 2 is 1.39 bits per heavy atom. The SMILES string of the molecule is Cc1ccccc1CC1(Cc2ccccc2C)C[N+](CCCS(=O)(=O)[O-])=Cc2ccccc21. The molecule has 33 heavy (non-hydrogen) atoms. The van der Waals surface area contributed by atoms with E-state index in [1.54, 1.807) is 0 Å². The lowest BCUT2D eigenvalue weighted by Crippen LogP contribution is -2.45. The molecule has 0 fully saturated rings. The van der Waals surface area contributed by atoms with Gasteiger partial charge in [0.15, 0.2) is 12.8 Å². The van der Waals surface area contributed by atoms with Crippen molar-refractivity contribution in [2.45, 2.75) is 38.5 Å². The smallest absolute Gasteiger partial charge is 0.171 e. The average molecular weight is 462 g/mol. The summed E-state index contributed by atoms with van der Waals surface area (Å²) in [6.07, 6.45) is 4.22. The summed E-state index contributed by atoms with van der Waals surface area (Å²) < 4.78 is 35.7. The third-order valence-corrected chi connectivity index (χ3v) is 7.57. The molecule has 0 N–H and O–H groups in total. The van der Waals surface area contributed by atoms with Crippen molar-refractivity contribution in [2.75, 3.05) is 18.8 Å². The summed E-state index contributed by atoms with van der Waals surface area (Å²) in [5.74, 6) is -0.332. The second kappa shape index (κ2) is 9.62. The first-order valence-corrected chi connectivity index (χ1v) is 13.0. The quantitative estimate of drug-likeness (QED) is 0.369. The van der Waals surface area contributed by atoms with Crippen LogP contribution in [0.4, 0.5) is 0 Å². The molecule has 0 saturated heterocycles. The highest BCUT2D eigenvalue weighted by molar-refractivity contribution is 7.85. The van der Waals surface area contributed by atoms with Crippen LogP contribution in [-0.2, 0) is 28.4 Å². The van der Waals surface area contributed by atoms with Crippen molar-refractivity contribution >= 4 is 16.3 Å². The Morgan fingerprint density at radius 3 is 1.97 bits per heavy atom. The maximum atomic E-state index is 11.2. The molecule has 4 nitrogen and oxygen atoms in total. The van der Waals surface area contributed by atoms with Gasteiger partial charge in [0.2, 0.25) is 0 Å². The molecule has 0 aromatic heterocycles. The Morgan fingerprint density at radius 1 is 0.848 bits per heavy atom. The van der Waals surface area contributed by atoms with Gasteiger partial charge in [0, 0.05) is 17.7 Å². The lowest BCUT2D eigenvalue weighted by atomic mass is 9.68. The third kappa shape index (κ3) is 5.60. The standard InChI is InChI=1S/C28H31NO3S/c1-22-10-3-5-12-24(22)18-28(19-25-13-6-4-11-23(25)2)21-29(16-9-17-33(30,31)32)20-26-14-7-8-15-27(26)28/h3-8,10-15,20H,9,16-19,21H2,1-2H3. The molecular formula is C28H31NO3S. The molecule has 0 saturated carbocycles. The summed E-state index contributed by atoms with van der Waals surface area (Å²) in [7, 11) is -4.21. The van der Waals surface area contributed by atoms with Gasteiger partial charge < -0.3 is 4.55 Å². The zero-order valence-electron chi connectivity index (χ0n) is 19.3. The fraction of sp³-hybridized carbons (Fsp3) is 0.321. The van der Waals surface area contributed by atoms with Crippen LogP contribution < -0.4 is 0 Å². The maximum Gasteiger partial charge on any atom is 0.171 e. The first kappa shape index (κ1) is 23.4. The zero-order valence-corrected chi connectivity index (χ0v) is 20.1. The molecule has 3 aromatic rings. The van der Waals surface area contributed by atoms with Crippen LogP contribution in [-0.4, -0.2) is 42.6 Å². The minimum atomic E-state index is -4.21. The largest absolute Gasteiger partial charge is 0.748 e. The van der Waals surface area contributed by atoms with Gasteiger partial charge in [0.25, 0.3) is 0 Å². The van der Waals surface area contributed by atoms with Crippen LogP contribution in [0.15, 0.2) is 72.8 Å². The minimum Gasteiger partial charge on any atom is -0.748 e. The van der Waals surface area contributed by atoms with Crippen LogP contribution in [0.3, 0.4) is 0 Å². The average Bonchev–Trinajstić information content (AvgIpc) is 2.76. The van der Waals surface area contributed by atoms with Crippen molar-refractivity contribution in [3.8, 4) is 0 Å². The van der Waals surface area contributed by atoms with Gasteiger partial charge in [-0.1, -0.05) is 66.7 Å². The van der Waals surface area contributed by atoms with Crippen LogP contribution in [0, 0.1) is 13.8 Å². The third-order valence-electron chi connectivity index (χ3n) is 6.78. The van der Waals surface area contributed by atoms with Crippen molar-refractivity contribution in [3.63, 3.8) is 0 Å². The van der Waals surface area contributed by atoms with Gasteiger partial charge in [-0.05, 0) is 60.6 Å². The van der Waals surface area contributed by atoms with E-state index < -0.39 is 10.1 Å². The second-order valence-electron chi connectivity index (χ2n) is 9.29. The normalized spacial score (nSPS) is 15.1. The number of aryl methyl sites for hydroxylation is 2. The van der Waals surface area contributed by atoms with E-state index >= 15 is 0 Å². The number of hydrogen-bond acceptors (Lipinski definition) is 3. The Kier molecular flexibility index (Phi) is 6.82. The van der Waals surface area contributed by atoms with Crippen molar-refractivity contribution in [2.24, 2.45) is 0 Å². The Hall–Kier alpha value is -2.76. The first-order valence-electron chi connectivity index (χ1n) is 11.5. The molecule has 0 amide bonds. The number of nitrogens with zero attached hydrogens (tertiary/aromatic N) is 1. The van der Waals surface area contributed by atoms with Crippen LogP contribution in [0.2, 0.25) is 0 Å². The highest BCUT2D eigenvalue weighted by atomic mass is 32.2. The summed E-state index contributed by atoms with van der Waals surface area (Å²) in [5.41, 5.74) is 7.50. The second-order valence-corrected chi connectivity index (χ2v) is 10.8. The van der Waals surface area contributed by atoms with Crippen LogP contribution in [0.5, 0.6) is 0 Å². The summed E-state index contributed by atoms with van der Waals surface area (Å²) in [6.45, 7) is 5.63. The summed E-state index contributed by atoms with van der Waals surface area (Å²) in [6, 6.07) is 25.6. The molecule has 0 spiro atoms. The minimum absolute atomic E-state index is 0.181. The van der Waals surface area contributed by atoms with Gasteiger partial charge in [0.1, 0.15) is 6.54 Å². The Labute approximate surface area is 197 Å². The lowest BCUT2D eigenvalue weighted by Gasteiger charge is -2.37. The zero-order chi connectivity index (χ0) is 23.5. The molecule has 1 heterocycles. The lowest BCUT2D eigenvalue weighted by molar-refractivity contribution is -0.534. The van der Waals surface area contributed by atoms with Gasteiger partial charge >= 0.3 is 0 Å². The fourth-order valence-corrected chi connectivity index (χ4v) is 5.59. The molecule has 0 unspecified atom stereocenters. The summed E-state index contributed by atoms with van der Waals surface area (Å²) >= 11 is 0. The monoisotopic (exact) mass is 461 g/mol. The molecular weight excluding hydrogens is 430 g/mol. The maximum absolute atomic E-state index is 11.2. The van der Waals surface area contributed by atoms with Crippen molar-refractivity contribution in [1.29, 1.82) is 0 Å². The predicted molar refractivity (Wildman–Crippen MR) is 132 cm³/mol. The molecule has 0 atom stereocenters. The Bertz CT molecular complexity index is 1230. The van der Waals surface area contributed by atoms with E-state index in [0.29, 0.717) is 13.0 Å². The molecule has 4 rings (SSSR count).